The Hall–Kier alpha value is -0.820. The Bertz CT molecular complexity index is 282. The van der Waals surface area contributed by atoms with Crippen LogP contribution < -0.4 is 0 Å². The standard InChI is InChI=1S/C15H25N/c1-12(2)16(13(3)4)11-14(5)15-9-7-6-8-10-15/h6-10,12-14H,11H2,1-5H3. The molecule has 1 unspecified atom stereocenters. The van der Waals surface area contributed by atoms with Gasteiger partial charge in [-0.1, -0.05) is 37.3 Å². The van der Waals surface area contributed by atoms with Crippen LogP contribution >= 0.6 is 0 Å². The maximum Gasteiger partial charge on any atom is 0.00530 e. The summed E-state index contributed by atoms with van der Waals surface area (Å²) in [5.74, 6) is 0.603. The van der Waals surface area contributed by atoms with Crippen LogP contribution in [0.25, 0.3) is 0 Å². The Morgan fingerprint density at radius 2 is 1.38 bits per heavy atom. The van der Waals surface area contributed by atoms with Gasteiger partial charge >= 0.3 is 0 Å². The Morgan fingerprint density at radius 3 is 1.81 bits per heavy atom. The number of nitrogens with zero attached hydrogens (tertiary/aromatic N) is 1. The first kappa shape index (κ1) is 13.2. The van der Waals surface area contributed by atoms with E-state index in [4.69, 9.17) is 0 Å². The molecule has 1 aromatic rings. The van der Waals surface area contributed by atoms with E-state index in [2.05, 4.69) is 69.9 Å². The minimum Gasteiger partial charge on any atom is -0.298 e. The second-order valence-electron chi connectivity index (χ2n) is 5.20. The summed E-state index contributed by atoms with van der Waals surface area (Å²) < 4.78 is 0. The maximum absolute atomic E-state index is 2.55. The van der Waals surface area contributed by atoms with Crippen LogP contribution in [0.1, 0.15) is 46.1 Å². The van der Waals surface area contributed by atoms with E-state index in [1.807, 2.05) is 0 Å². The zero-order chi connectivity index (χ0) is 12.1. The van der Waals surface area contributed by atoms with E-state index in [0.29, 0.717) is 18.0 Å². The molecule has 16 heavy (non-hydrogen) atoms. The van der Waals surface area contributed by atoms with Crippen molar-refractivity contribution in [3.05, 3.63) is 35.9 Å². The Labute approximate surface area is 100 Å². The highest BCUT2D eigenvalue weighted by Gasteiger charge is 2.17. The molecule has 1 heteroatoms. The average Bonchev–Trinajstić information content (AvgIpc) is 2.25. The van der Waals surface area contributed by atoms with Gasteiger partial charge in [0.1, 0.15) is 0 Å². The number of hydrogen-bond donors (Lipinski definition) is 0. The summed E-state index contributed by atoms with van der Waals surface area (Å²) in [6.45, 7) is 12.6. The lowest BCUT2D eigenvalue weighted by atomic mass is 9.99. The summed E-state index contributed by atoms with van der Waals surface area (Å²) >= 11 is 0. The van der Waals surface area contributed by atoms with Crippen molar-refractivity contribution >= 4 is 0 Å². The molecular formula is C15H25N. The highest BCUT2D eigenvalue weighted by atomic mass is 15.2. The van der Waals surface area contributed by atoms with Gasteiger partial charge in [-0.05, 0) is 39.2 Å². The maximum atomic E-state index is 2.55. The van der Waals surface area contributed by atoms with Crippen molar-refractivity contribution < 1.29 is 0 Å². The second-order valence-corrected chi connectivity index (χ2v) is 5.20. The van der Waals surface area contributed by atoms with Gasteiger partial charge in [-0.2, -0.15) is 0 Å². The van der Waals surface area contributed by atoms with Gasteiger partial charge in [0.25, 0.3) is 0 Å². The number of rotatable bonds is 5. The molecule has 0 aliphatic carbocycles. The predicted octanol–water partition coefficient (Wildman–Crippen LogP) is 3.91. The fraction of sp³-hybridized carbons (Fsp3) is 0.600. The molecule has 1 atom stereocenters. The Balaban J connectivity index is 2.65. The molecule has 90 valence electrons. The van der Waals surface area contributed by atoms with Gasteiger partial charge in [0.05, 0.1) is 0 Å². The zero-order valence-electron chi connectivity index (χ0n) is 11.3. The van der Waals surface area contributed by atoms with Gasteiger partial charge in [0, 0.05) is 18.6 Å². The monoisotopic (exact) mass is 219 g/mol. The molecule has 0 N–H and O–H groups in total. The normalized spacial score (nSPS) is 13.8. The highest BCUT2D eigenvalue weighted by molar-refractivity contribution is 5.19. The molecule has 0 radical (unpaired) electrons. The van der Waals surface area contributed by atoms with Crippen LogP contribution in [-0.2, 0) is 0 Å². The van der Waals surface area contributed by atoms with E-state index in [-0.39, 0.29) is 0 Å². The van der Waals surface area contributed by atoms with Crippen LogP contribution in [0.2, 0.25) is 0 Å². The molecule has 1 nitrogen and oxygen atoms in total. The van der Waals surface area contributed by atoms with Crippen LogP contribution in [0.4, 0.5) is 0 Å². The van der Waals surface area contributed by atoms with Crippen molar-refractivity contribution in [2.24, 2.45) is 0 Å². The molecular weight excluding hydrogens is 194 g/mol. The summed E-state index contributed by atoms with van der Waals surface area (Å²) in [5, 5.41) is 0. The fourth-order valence-electron chi connectivity index (χ4n) is 2.22. The molecule has 0 saturated carbocycles. The van der Waals surface area contributed by atoms with Crippen molar-refractivity contribution in [2.75, 3.05) is 6.54 Å². The molecule has 0 fully saturated rings. The lowest BCUT2D eigenvalue weighted by Crippen LogP contribution is -2.39. The molecule has 0 heterocycles. The summed E-state index contributed by atoms with van der Waals surface area (Å²) in [5.41, 5.74) is 1.44. The van der Waals surface area contributed by atoms with Crippen LogP contribution in [0.5, 0.6) is 0 Å². The van der Waals surface area contributed by atoms with Crippen molar-refractivity contribution in [1.29, 1.82) is 0 Å². The van der Waals surface area contributed by atoms with E-state index in [0.717, 1.165) is 6.54 Å². The highest BCUT2D eigenvalue weighted by Crippen LogP contribution is 2.18. The molecule has 0 aliphatic heterocycles. The average molecular weight is 219 g/mol. The Kier molecular flexibility index (Phi) is 5.01. The summed E-state index contributed by atoms with van der Waals surface area (Å²) in [4.78, 5) is 2.55. The van der Waals surface area contributed by atoms with Crippen LogP contribution in [0.15, 0.2) is 30.3 Å². The topological polar surface area (TPSA) is 3.24 Å². The van der Waals surface area contributed by atoms with Gasteiger partial charge < -0.3 is 0 Å². The van der Waals surface area contributed by atoms with Gasteiger partial charge in [-0.15, -0.1) is 0 Å². The first-order valence-electron chi connectivity index (χ1n) is 6.33. The minimum atomic E-state index is 0.603. The molecule has 0 saturated heterocycles. The molecule has 1 aromatic carbocycles. The van der Waals surface area contributed by atoms with Crippen LogP contribution in [0.3, 0.4) is 0 Å². The van der Waals surface area contributed by atoms with E-state index in [1.54, 1.807) is 0 Å². The second kappa shape index (κ2) is 6.05. The van der Waals surface area contributed by atoms with E-state index >= 15 is 0 Å². The lowest BCUT2D eigenvalue weighted by Gasteiger charge is -2.33. The molecule has 0 aliphatic rings. The van der Waals surface area contributed by atoms with Crippen LogP contribution in [0, 0.1) is 0 Å². The molecule has 0 aromatic heterocycles. The third-order valence-corrected chi connectivity index (χ3v) is 3.18. The molecule has 1 rings (SSSR count). The summed E-state index contributed by atoms with van der Waals surface area (Å²) in [6.07, 6.45) is 0. The first-order valence-corrected chi connectivity index (χ1v) is 6.33. The molecule has 0 spiro atoms. The Morgan fingerprint density at radius 1 is 0.875 bits per heavy atom. The summed E-state index contributed by atoms with van der Waals surface area (Å²) in [7, 11) is 0. The van der Waals surface area contributed by atoms with E-state index in [9.17, 15) is 0 Å². The van der Waals surface area contributed by atoms with Crippen molar-refractivity contribution in [2.45, 2.75) is 52.6 Å². The minimum absolute atomic E-state index is 0.603. The fourth-order valence-corrected chi connectivity index (χ4v) is 2.22. The van der Waals surface area contributed by atoms with Gasteiger partial charge in [0.15, 0.2) is 0 Å². The molecule has 0 bridgehead atoms. The predicted molar refractivity (Wildman–Crippen MR) is 71.8 cm³/mol. The SMILES string of the molecule is CC(CN(C(C)C)C(C)C)c1ccccc1. The largest absolute Gasteiger partial charge is 0.298 e. The van der Waals surface area contributed by atoms with Gasteiger partial charge in [0.2, 0.25) is 0 Å². The molecule has 0 amide bonds. The van der Waals surface area contributed by atoms with Crippen molar-refractivity contribution in [3.8, 4) is 0 Å². The number of benzene rings is 1. The lowest BCUT2D eigenvalue weighted by molar-refractivity contribution is 0.166. The third kappa shape index (κ3) is 3.64. The summed E-state index contributed by atoms with van der Waals surface area (Å²) in [6, 6.07) is 12.0. The van der Waals surface area contributed by atoms with E-state index in [1.165, 1.54) is 5.56 Å². The van der Waals surface area contributed by atoms with Crippen LogP contribution in [-0.4, -0.2) is 23.5 Å². The first-order chi connectivity index (χ1) is 7.52. The van der Waals surface area contributed by atoms with Gasteiger partial charge in [-0.3, -0.25) is 4.90 Å². The van der Waals surface area contributed by atoms with Crippen molar-refractivity contribution in [3.63, 3.8) is 0 Å². The van der Waals surface area contributed by atoms with Gasteiger partial charge in [-0.25, -0.2) is 0 Å². The smallest absolute Gasteiger partial charge is 0.00530 e. The van der Waals surface area contributed by atoms with Crippen molar-refractivity contribution in [1.82, 2.24) is 4.90 Å². The third-order valence-electron chi connectivity index (χ3n) is 3.18. The zero-order valence-corrected chi connectivity index (χ0v) is 11.3. The van der Waals surface area contributed by atoms with E-state index < -0.39 is 0 Å². The number of hydrogen-bond acceptors (Lipinski definition) is 1. The quantitative estimate of drug-likeness (QED) is 0.726.